The van der Waals surface area contributed by atoms with Gasteiger partial charge in [-0.1, -0.05) is 12.1 Å². The van der Waals surface area contributed by atoms with E-state index < -0.39 is 4.92 Å². The Bertz CT molecular complexity index is 548. The lowest BCUT2D eigenvalue weighted by Crippen LogP contribution is -2.36. The lowest BCUT2D eigenvalue weighted by atomic mass is 10.1. The van der Waals surface area contributed by atoms with Crippen molar-refractivity contribution in [2.75, 3.05) is 12.4 Å². The number of aryl methyl sites for hydroxylation is 1. The molecule has 1 aliphatic heterocycles. The number of likely N-dealkylation sites (tertiary alicyclic amines) is 1. The van der Waals surface area contributed by atoms with Crippen molar-refractivity contribution >= 4 is 23.2 Å². The minimum absolute atomic E-state index is 0.0782. The summed E-state index contributed by atoms with van der Waals surface area (Å²) < 4.78 is 0. The van der Waals surface area contributed by atoms with Crippen molar-refractivity contribution in [3.63, 3.8) is 0 Å². The lowest BCUT2D eigenvalue weighted by molar-refractivity contribution is -0.385. The molecule has 1 amide bonds. The van der Waals surface area contributed by atoms with Crippen molar-refractivity contribution in [2.45, 2.75) is 38.6 Å². The van der Waals surface area contributed by atoms with Gasteiger partial charge in [0.2, 0.25) is 0 Å². The summed E-state index contributed by atoms with van der Waals surface area (Å²) >= 11 is 5.72. The van der Waals surface area contributed by atoms with Gasteiger partial charge in [0.25, 0.3) is 11.6 Å². The average molecular weight is 311 g/mol. The quantitative estimate of drug-likeness (QED) is 0.475. The summed E-state index contributed by atoms with van der Waals surface area (Å²) in [6.07, 6.45) is 3.60. The molecule has 21 heavy (non-hydrogen) atoms. The first-order valence-corrected chi connectivity index (χ1v) is 7.70. The van der Waals surface area contributed by atoms with Crippen LogP contribution in [0.5, 0.6) is 0 Å². The molecule has 0 aliphatic carbocycles. The van der Waals surface area contributed by atoms with Crippen molar-refractivity contribution in [2.24, 2.45) is 0 Å². The molecule has 0 aromatic heterocycles. The maximum absolute atomic E-state index is 12.7. The van der Waals surface area contributed by atoms with Gasteiger partial charge in [-0.25, -0.2) is 0 Å². The number of rotatable bonds is 5. The zero-order valence-corrected chi connectivity index (χ0v) is 12.8. The van der Waals surface area contributed by atoms with E-state index in [1.807, 2.05) is 0 Å². The van der Waals surface area contributed by atoms with E-state index in [1.165, 1.54) is 0 Å². The first kappa shape index (κ1) is 15.8. The smallest absolute Gasteiger partial charge is 0.285 e. The predicted octanol–water partition coefficient (Wildman–Crippen LogP) is 3.53. The number of amides is 1. The molecule has 5 nitrogen and oxygen atoms in total. The molecule has 114 valence electrons. The number of carbonyl (C=O) groups is 1. The van der Waals surface area contributed by atoms with Crippen molar-refractivity contribution in [1.82, 2.24) is 4.90 Å². The van der Waals surface area contributed by atoms with Crippen molar-refractivity contribution < 1.29 is 9.72 Å². The number of halogens is 1. The molecule has 1 unspecified atom stereocenters. The Morgan fingerprint density at radius 1 is 1.52 bits per heavy atom. The number of nitrogens with zero attached hydrogens (tertiary/aromatic N) is 2. The summed E-state index contributed by atoms with van der Waals surface area (Å²) in [6, 6.07) is 5.05. The number of nitro groups is 1. The maximum Gasteiger partial charge on any atom is 0.285 e. The Kier molecular flexibility index (Phi) is 5.17. The highest BCUT2D eigenvalue weighted by atomic mass is 35.5. The number of carbonyl (C=O) groups excluding carboxylic acids is 1. The zero-order chi connectivity index (χ0) is 15.4. The van der Waals surface area contributed by atoms with E-state index in [0.717, 1.165) is 25.7 Å². The van der Waals surface area contributed by atoms with Gasteiger partial charge in [0.1, 0.15) is 5.56 Å². The Hall–Kier alpha value is -1.62. The van der Waals surface area contributed by atoms with Crippen LogP contribution >= 0.6 is 11.6 Å². The Morgan fingerprint density at radius 3 is 2.95 bits per heavy atom. The molecule has 2 rings (SSSR count). The van der Waals surface area contributed by atoms with E-state index in [2.05, 4.69) is 0 Å². The monoisotopic (exact) mass is 310 g/mol. The van der Waals surface area contributed by atoms with Crippen LogP contribution < -0.4 is 0 Å². The summed E-state index contributed by atoms with van der Waals surface area (Å²) in [4.78, 5) is 25.2. The Balaban J connectivity index is 2.27. The molecule has 1 fully saturated rings. The fourth-order valence-electron chi connectivity index (χ4n) is 2.94. The zero-order valence-electron chi connectivity index (χ0n) is 12.0. The van der Waals surface area contributed by atoms with Crippen LogP contribution in [-0.4, -0.2) is 34.2 Å². The van der Waals surface area contributed by atoms with E-state index in [1.54, 1.807) is 30.0 Å². The number of para-hydroxylation sites is 1. The van der Waals surface area contributed by atoms with Gasteiger partial charge >= 0.3 is 0 Å². The Labute approximate surface area is 129 Å². The summed E-state index contributed by atoms with van der Waals surface area (Å²) in [5.41, 5.74) is 0.630. The second-order valence-electron chi connectivity index (χ2n) is 5.35. The summed E-state index contributed by atoms with van der Waals surface area (Å²) in [6.45, 7) is 2.32. The van der Waals surface area contributed by atoms with E-state index in [4.69, 9.17) is 11.6 Å². The summed E-state index contributed by atoms with van der Waals surface area (Å²) in [7, 11) is 0. The van der Waals surface area contributed by atoms with Crippen molar-refractivity contribution in [1.29, 1.82) is 0 Å². The van der Waals surface area contributed by atoms with Crippen molar-refractivity contribution in [3.8, 4) is 0 Å². The molecule has 1 aliphatic rings. The van der Waals surface area contributed by atoms with Crippen LogP contribution in [0.4, 0.5) is 5.69 Å². The van der Waals surface area contributed by atoms with Crippen LogP contribution in [0.2, 0.25) is 0 Å². The molecule has 0 N–H and O–H groups in total. The maximum atomic E-state index is 12.7. The summed E-state index contributed by atoms with van der Waals surface area (Å²) in [5.74, 6) is 0.339. The van der Waals surface area contributed by atoms with Crippen LogP contribution in [0.1, 0.15) is 41.6 Å². The van der Waals surface area contributed by atoms with E-state index >= 15 is 0 Å². The van der Waals surface area contributed by atoms with Gasteiger partial charge in [-0.3, -0.25) is 14.9 Å². The second kappa shape index (κ2) is 6.89. The van der Waals surface area contributed by atoms with Gasteiger partial charge in [-0.15, -0.1) is 11.6 Å². The largest absolute Gasteiger partial charge is 0.335 e. The fraction of sp³-hybridized carbons (Fsp3) is 0.533. The third kappa shape index (κ3) is 3.35. The molecule has 6 heteroatoms. The molecule has 0 spiro atoms. The number of benzene rings is 1. The van der Waals surface area contributed by atoms with E-state index in [0.29, 0.717) is 18.0 Å². The van der Waals surface area contributed by atoms with Gasteiger partial charge in [0.15, 0.2) is 0 Å². The molecule has 1 aromatic rings. The topological polar surface area (TPSA) is 63.5 Å². The molecule has 0 bridgehead atoms. The standard InChI is InChI=1S/C15H19ClN2O3/c1-11-5-2-8-13(14(11)18(20)21)15(19)17-10-4-7-12(17)6-3-9-16/h2,5,8,12H,3-4,6-7,9-10H2,1H3. The van der Waals surface area contributed by atoms with Crippen LogP contribution in [-0.2, 0) is 0 Å². The number of hydrogen-bond acceptors (Lipinski definition) is 3. The molecule has 0 saturated carbocycles. The Morgan fingerprint density at radius 2 is 2.29 bits per heavy atom. The molecule has 1 saturated heterocycles. The number of nitro benzene ring substituents is 1. The lowest BCUT2D eigenvalue weighted by Gasteiger charge is -2.24. The third-order valence-electron chi connectivity index (χ3n) is 3.96. The van der Waals surface area contributed by atoms with Gasteiger partial charge in [-0.05, 0) is 38.7 Å². The van der Waals surface area contributed by atoms with Crippen LogP contribution in [0.15, 0.2) is 18.2 Å². The first-order valence-electron chi connectivity index (χ1n) is 7.17. The first-order chi connectivity index (χ1) is 10.1. The number of hydrogen-bond donors (Lipinski definition) is 0. The molecule has 1 atom stereocenters. The normalized spacial score (nSPS) is 18.0. The number of alkyl halides is 1. The molecular formula is C15H19ClN2O3. The minimum atomic E-state index is -0.466. The van der Waals surface area contributed by atoms with Gasteiger partial charge in [0.05, 0.1) is 4.92 Å². The summed E-state index contributed by atoms with van der Waals surface area (Å²) in [5, 5.41) is 11.2. The van der Waals surface area contributed by atoms with Gasteiger partial charge in [-0.2, -0.15) is 0 Å². The molecule has 1 heterocycles. The average Bonchev–Trinajstić information content (AvgIpc) is 2.91. The predicted molar refractivity (Wildman–Crippen MR) is 81.8 cm³/mol. The molecule has 1 aromatic carbocycles. The third-order valence-corrected chi connectivity index (χ3v) is 4.23. The molecular weight excluding hydrogens is 292 g/mol. The highest BCUT2D eigenvalue weighted by Crippen LogP contribution is 2.29. The van der Waals surface area contributed by atoms with Crippen LogP contribution in [0.3, 0.4) is 0 Å². The molecule has 0 radical (unpaired) electrons. The van der Waals surface area contributed by atoms with Gasteiger partial charge in [0, 0.05) is 24.0 Å². The van der Waals surface area contributed by atoms with E-state index in [9.17, 15) is 14.9 Å². The van der Waals surface area contributed by atoms with Gasteiger partial charge < -0.3 is 4.90 Å². The van der Waals surface area contributed by atoms with Crippen LogP contribution in [0.25, 0.3) is 0 Å². The second-order valence-corrected chi connectivity index (χ2v) is 5.73. The highest BCUT2D eigenvalue weighted by molar-refractivity contribution is 6.17. The van der Waals surface area contributed by atoms with Crippen LogP contribution in [0, 0.1) is 17.0 Å². The minimum Gasteiger partial charge on any atom is -0.335 e. The SMILES string of the molecule is Cc1cccc(C(=O)N2CCCC2CCCCl)c1[N+](=O)[O-]. The fourth-order valence-corrected chi connectivity index (χ4v) is 3.10. The van der Waals surface area contributed by atoms with Crippen molar-refractivity contribution in [3.05, 3.63) is 39.4 Å². The highest BCUT2D eigenvalue weighted by Gasteiger charge is 2.32. The van der Waals surface area contributed by atoms with E-state index in [-0.39, 0.29) is 23.2 Å².